The number of rotatable bonds is 10. The monoisotopic (exact) mass is 478 g/mol. The summed E-state index contributed by atoms with van der Waals surface area (Å²) in [5, 5.41) is 2.26. The minimum Gasteiger partial charge on any atom is -0.464 e. The van der Waals surface area contributed by atoms with Gasteiger partial charge >= 0.3 is 18.0 Å². The number of carbonyl (C=O) groups is 5. The molecular weight excluding hydrogens is 444 g/mol. The van der Waals surface area contributed by atoms with Crippen molar-refractivity contribution in [1.29, 1.82) is 0 Å². The molecule has 1 aliphatic rings. The topological polar surface area (TPSA) is 128 Å². The number of nitrogens with zero attached hydrogens (tertiary/aromatic N) is 1. The first-order chi connectivity index (χ1) is 16.7. The van der Waals surface area contributed by atoms with Gasteiger partial charge in [-0.15, -0.1) is 0 Å². The number of hydrogen-bond donors (Lipinski definition) is 1. The Kier molecular flexibility index (Phi) is 7.76. The van der Waals surface area contributed by atoms with Gasteiger partial charge in [0.25, 0.3) is 11.8 Å². The zero-order valence-electron chi connectivity index (χ0n) is 22.1. The van der Waals surface area contributed by atoms with E-state index in [2.05, 4.69) is 5.32 Å². The van der Waals surface area contributed by atoms with Crippen LogP contribution in [-0.4, -0.2) is 65.6 Å². The molecular formula is C24H32N2O8. The maximum atomic E-state index is 12.9. The molecule has 0 saturated carbocycles. The van der Waals surface area contributed by atoms with Gasteiger partial charge in [0, 0.05) is 9.24 Å². The summed E-state index contributed by atoms with van der Waals surface area (Å²) in [6.07, 6.45) is -2.16. The summed E-state index contributed by atoms with van der Waals surface area (Å²) in [6, 6.07) is 6.00. The van der Waals surface area contributed by atoms with Crippen molar-refractivity contribution in [1.82, 2.24) is 10.2 Å². The van der Waals surface area contributed by atoms with Gasteiger partial charge in [0.2, 0.25) is 5.54 Å². The molecule has 1 heterocycles. The number of benzene rings is 1. The molecule has 0 spiro atoms. The van der Waals surface area contributed by atoms with E-state index < -0.39 is 60.3 Å². The van der Waals surface area contributed by atoms with Gasteiger partial charge in [-0.05, 0) is 66.0 Å². The molecule has 186 valence electrons. The number of amides is 3. The quantitative estimate of drug-likeness (QED) is 0.235. The number of imide groups is 1. The van der Waals surface area contributed by atoms with Crippen LogP contribution in [0.2, 0.25) is 0 Å². The van der Waals surface area contributed by atoms with E-state index in [0.29, 0.717) is 4.90 Å². The van der Waals surface area contributed by atoms with Gasteiger partial charge in [0.05, 0.1) is 24.3 Å². The Morgan fingerprint density at radius 1 is 0.941 bits per heavy atom. The molecule has 0 bridgehead atoms. The number of hydrogen-bond acceptors (Lipinski definition) is 8. The molecule has 2 rings (SSSR count). The lowest BCUT2D eigenvalue weighted by Crippen LogP contribution is -2.62. The van der Waals surface area contributed by atoms with Crippen molar-refractivity contribution >= 4 is 29.8 Å². The van der Waals surface area contributed by atoms with Crippen LogP contribution in [0, 0.1) is 0 Å². The van der Waals surface area contributed by atoms with E-state index in [1.807, 2.05) is 0 Å². The number of alkyl carbamates (subject to hydrolysis) is 1. The Hall–Kier alpha value is -3.43. The van der Waals surface area contributed by atoms with Gasteiger partial charge in [0.1, 0.15) is 5.60 Å². The third-order valence-electron chi connectivity index (χ3n) is 4.75. The van der Waals surface area contributed by atoms with Crippen molar-refractivity contribution in [2.45, 2.75) is 65.0 Å². The first-order valence-corrected chi connectivity index (χ1v) is 11.0. The molecule has 1 aliphatic heterocycles. The first-order valence-electron chi connectivity index (χ1n) is 12.0. The number of carbonyl (C=O) groups excluding carboxylic acids is 5. The average Bonchev–Trinajstić information content (AvgIpc) is 3.03. The molecule has 3 amide bonds. The van der Waals surface area contributed by atoms with E-state index in [1.54, 1.807) is 32.9 Å². The molecule has 34 heavy (non-hydrogen) atoms. The molecule has 10 heteroatoms. The van der Waals surface area contributed by atoms with Gasteiger partial charge in [-0.25, -0.2) is 14.4 Å². The van der Waals surface area contributed by atoms with Crippen LogP contribution in [0.4, 0.5) is 4.79 Å². The van der Waals surface area contributed by atoms with Crippen LogP contribution in [0.3, 0.4) is 0 Å². The average molecular weight is 479 g/mol. The molecule has 10 nitrogen and oxygen atoms in total. The molecule has 1 N–H and O–H groups in total. The van der Waals surface area contributed by atoms with Crippen LogP contribution in [0.5, 0.6) is 0 Å². The molecule has 0 atom stereocenters. The third-order valence-corrected chi connectivity index (χ3v) is 4.75. The van der Waals surface area contributed by atoms with Crippen LogP contribution in [0.1, 0.15) is 77.3 Å². The maximum Gasteiger partial charge on any atom is 0.409 e. The predicted molar refractivity (Wildman–Crippen MR) is 121 cm³/mol. The highest BCUT2D eigenvalue weighted by Crippen LogP contribution is 2.25. The van der Waals surface area contributed by atoms with Crippen molar-refractivity contribution in [3.63, 3.8) is 0 Å². The van der Waals surface area contributed by atoms with E-state index in [4.69, 9.17) is 17.0 Å². The Morgan fingerprint density at radius 2 is 1.44 bits per heavy atom. The number of ether oxygens (including phenoxy) is 3. The summed E-state index contributed by atoms with van der Waals surface area (Å²) in [4.78, 5) is 64.4. The summed E-state index contributed by atoms with van der Waals surface area (Å²) in [5.74, 6) is -3.77. The van der Waals surface area contributed by atoms with Crippen LogP contribution in [-0.2, 0) is 23.8 Å². The minimum atomic E-state index is -2.45. The second-order valence-electron chi connectivity index (χ2n) is 8.48. The Morgan fingerprint density at radius 3 is 1.88 bits per heavy atom. The Labute approximate surface area is 201 Å². The molecule has 0 fully saturated rings. The highest BCUT2D eigenvalue weighted by Gasteiger charge is 2.51. The van der Waals surface area contributed by atoms with Crippen LogP contribution in [0.15, 0.2) is 24.3 Å². The van der Waals surface area contributed by atoms with Gasteiger partial charge < -0.3 is 14.2 Å². The molecule has 0 aliphatic carbocycles. The normalized spacial score (nSPS) is 14.7. The summed E-state index contributed by atoms with van der Waals surface area (Å²) in [7, 11) is 0. The molecule has 0 radical (unpaired) electrons. The van der Waals surface area contributed by atoms with Crippen molar-refractivity contribution in [2.24, 2.45) is 0 Å². The number of esters is 2. The van der Waals surface area contributed by atoms with E-state index >= 15 is 0 Å². The lowest BCUT2D eigenvalue weighted by Gasteiger charge is -2.31. The lowest BCUT2D eigenvalue weighted by molar-refractivity contribution is -0.166. The van der Waals surface area contributed by atoms with Crippen molar-refractivity contribution in [3.05, 3.63) is 35.4 Å². The largest absolute Gasteiger partial charge is 0.464 e. The highest BCUT2D eigenvalue weighted by atomic mass is 16.6. The molecule has 0 saturated heterocycles. The summed E-state index contributed by atoms with van der Waals surface area (Å²) < 4.78 is 32.1. The van der Waals surface area contributed by atoms with E-state index in [-0.39, 0.29) is 30.8 Å². The number of fused-ring (bicyclic) bond motifs is 1. The fourth-order valence-electron chi connectivity index (χ4n) is 3.32. The van der Waals surface area contributed by atoms with E-state index in [9.17, 15) is 24.0 Å². The number of nitrogens with one attached hydrogen (secondary N) is 1. The third kappa shape index (κ3) is 6.12. The maximum absolute atomic E-state index is 12.9. The summed E-state index contributed by atoms with van der Waals surface area (Å²) >= 11 is 0. The fraction of sp³-hybridized carbons (Fsp3) is 0.542. The molecule has 1 aromatic carbocycles. The minimum absolute atomic E-state index is 0.0883. The van der Waals surface area contributed by atoms with Crippen LogP contribution < -0.4 is 5.32 Å². The first kappa shape index (κ1) is 23.7. The van der Waals surface area contributed by atoms with Gasteiger partial charge in [0.15, 0.2) is 0 Å². The van der Waals surface area contributed by atoms with Crippen molar-refractivity contribution in [3.8, 4) is 0 Å². The molecule has 1 aromatic rings. The van der Waals surface area contributed by atoms with Gasteiger partial charge in [-0.1, -0.05) is 12.1 Å². The SMILES string of the molecule is [2H]C([2H])(CCCC(NC(=O)OC(C)(C)C)(C(=O)OCC)C(=O)OCC)N1C(=O)c2ccccc2C1=O. The predicted octanol–water partition coefficient (Wildman–Crippen LogP) is 2.84. The van der Waals surface area contributed by atoms with Gasteiger partial charge in [-0.2, -0.15) is 0 Å². The second kappa shape index (κ2) is 11.1. The standard InChI is InChI=1S/C24H32N2O8/c1-6-32-20(29)24(21(30)33-7-2,25-22(31)34-23(3,4)5)14-10-11-15-26-18(27)16-12-8-9-13-17(16)19(26)28/h8-9,12-13H,6-7,10-11,14-15H2,1-5H3,(H,25,31)/i15D2. The molecule has 0 aromatic heterocycles. The zero-order chi connectivity index (χ0) is 27.3. The lowest BCUT2D eigenvalue weighted by atomic mass is 9.92. The van der Waals surface area contributed by atoms with Crippen molar-refractivity contribution < 1.29 is 40.9 Å². The fourth-order valence-corrected chi connectivity index (χ4v) is 3.32. The Balaban J connectivity index is 2.30. The van der Waals surface area contributed by atoms with Crippen molar-refractivity contribution in [2.75, 3.05) is 19.7 Å². The molecule has 0 unspecified atom stereocenters. The van der Waals surface area contributed by atoms with Crippen LogP contribution >= 0.6 is 0 Å². The van der Waals surface area contributed by atoms with E-state index in [1.165, 1.54) is 26.0 Å². The zero-order valence-corrected chi connectivity index (χ0v) is 20.1. The smallest absolute Gasteiger partial charge is 0.409 e. The highest BCUT2D eigenvalue weighted by molar-refractivity contribution is 6.21. The Bertz CT molecular complexity index is 982. The van der Waals surface area contributed by atoms with E-state index in [0.717, 1.165) is 0 Å². The summed E-state index contributed by atoms with van der Waals surface area (Å²) in [6.45, 7) is 5.16. The second-order valence-corrected chi connectivity index (χ2v) is 8.48. The summed E-state index contributed by atoms with van der Waals surface area (Å²) in [5.41, 5.74) is -3.09. The van der Waals surface area contributed by atoms with Gasteiger partial charge in [-0.3, -0.25) is 19.8 Å². The van der Waals surface area contributed by atoms with Crippen LogP contribution in [0.25, 0.3) is 0 Å².